The summed E-state index contributed by atoms with van der Waals surface area (Å²) in [5.41, 5.74) is 1.40. The summed E-state index contributed by atoms with van der Waals surface area (Å²) >= 11 is 0. The molecule has 2 fully saturated rings. The van der Waals surface area contributed by atoms with Crippen LogP contribution < -0.4 is 10.6 Å². The summed E-state index contributed by atoms with van der Waals surface area (Å²) in [6, 6.07) is 10.8. The van der Waals surface area contributed by atoms with Gasteiger partial charge in [0.1, 0.15) is 0 Å². The van der Waals surface area contributed by atoms with Crippen LogP contribution in [0.25, 0.3) is 0 Å². The van der Waals surface area contributed by atoms with E-state index in [-0.39, 0.29) is 0 Å². The number of aliphatic imine (C=N–C) groups is 1. The largest absolute Gasteiger partial charge is 0.381 e. The van der Waals surface area contributed by atoms with E-state index in [0.717, 1.165) is 104 Å². The molecular weight excluding hydrogens is 390 g/mol. The van der Waals surface area contributed by atoms with E-state index < -0.39 is 0 Å². The van der Waals surface area contributed by atoms with Gasteiger partial charge in [0.25, 0.3) is 0 Å². The van der Waals surface area contributed by atoms with E-state index in [4.69, 9.17) is 9.47 Å². The normalized spacial score (nSPS) is 19.5. The summed E-state index contributed by atoms with van der Waals surface area (Å²) in [4.78, 5) is 9.41. The lowest BCUT2D eigenvalue weighted by molar-refractivity contribution is 0.0203. The molecule has 0 bridgehead atoms. The summed E-state index contributed by atoms with van der Waals surface area (Å²) in [6.45, 7) is 11.9. The van der Waals surface area contributed by atoms with Crippen molar-refractivity contribution in [2.75, 3.05) is 79.3 Å². The van der Waals surface area contributed by atoms with Gasteiger partial charge in [-0.15, -0.1) is 0 Å². The van der Waals surface area contributed by atoms with Crippen molar-refractivity contribution in [2.45, 2.75) is 25.8 Å². The Balaban J connectivity index is 1.18. The zero-order valence-electron chi connectivity index (χ0n) is 19.2. The minimum atomic E-state index is 0.677. The standard InChI is InChI=1S/C24H41N5O2/c1-25-24(26-10-5-17-31-21-23-8-18-30-19-9-23)27-11-12-28-13-15-29(16-14-28)20-22-6-3-2-4-7-22/h2-4,6-7,23H,5,8-21H2,1H3,(H2,25,26,27). The molecule has 2 aliphatic heterocycles. The molecule has 0 atom stereocenters. The Labute approximate surface area is 188 Å². The van der Waals surface area contributed by atoms with Gasteiger partial charge < -0.3 is 20.1 Å². The molecular formula is C24H41N5O2. The van der Waals surface area contributed by atoms with Crippen LogP contribution in [0.1, 0.15) is 24.8 Å². The van der Waals surface area contributed by atoms with Gasteiger partial charge in [-0.2, -0.15) is 0 Å². The van der Waals surface area contributed by atoms with Crippen molar-refractivity contribution in [3.8, 4) is 0 Å². The number of nitrogens with zero attached hydrogens (tertiary/aromatic N) is 3. The second-order valence-electron chi connectivity index (χ2n) is 8.51. The van der Waals surface area contributed by atoms with Gasteiger partial charge in [0.05, 0.1) is 0 Å². The van der Waals surface area contributed by atoms with Gasteiger partial charge in [0.2, 0.25) is 0 Å². The third kappa shape index (κ3) is 9.56. The van der Waals surface area contributed by atoms with Crippen LogP contribution in [0.5, 0.6) is 0 Å². The number of ether oxygens (including phenoxy) is 2. The van der Waals surface area contributed by atoms with E-state index >= 15 is 0 Å². The van der Waals surface area contributed by atoms with Crippen molar-refractivity contribution in [1.82, 2.24) is 20.4 Å². The third-order valence-corrected chi connectivity index (χ3v) is 6.11. The van der Waals surface area contributed by atoms with E-state index in [0.29, 0.717) is 5.92 Å². The van der Waals surface area contributed by atoms with Crippen LogP contribution in [0.3, 0.4) is 0 Å². The highest BCUT2D eigenvalue weighted by molar-refractivity contribution is 5.79. The lowest BCUT2D eigenvalue weighted by Gasteiger charge is -2.34. The summed E-state index contributed by atoms with van der Waals surface area (Å²) in [5, 5.41) is 6.83. The first-order chi connectivity index (χ1) is 15.3. The number of hydrogen-bond acceptors (Lipinski definition) is 5. The Bertz CT molecular complexity index is 614. The van der Waals surface area contributed by atoms with Gasteiger partial charge >= 0.3 is 0 Å². The molecule has 2 saturated heterocycles. The van der Waals surface area contributed by atoms with Crippen LogP contribution in [-0.4, -0.2) is 95.0 Å². The average Bonchev–Trinajstić information content (AvgIpc) is 2.82. The molecule has 1 aromatic rings. The van der Waals surface area contributed by atoms with Crippen LogP contribution in [0, 0.1) is 5.92 Å². The molecule has 0 amide bonds. The summed E-state index contributed by atoms with van der Waals surface area (Å²) < 4.78 is 11.2. The zero-order chi connectivity index (χ0) is 21.6. The molecule has 0 spiro atoms. The number of benzene rings is 1. The van der Waals surface area contributed by atoms with E-state index in [1.54, 1.807) is 0 Å². The average molecular weight is 432 g/mol. The molecule has 0 radical (unpaired) electrons. The highest BCUT2D eigenvalue weighted by atomic mass is 16.5. The predicted molar refractivity (Wildman–Crippen MR) is 127 cm³/mol. The van der Waals surface area contributed by atoms with Gasteiger partial charge in [-0.05, 0) is 30.7 Å². The molecule has 31 heavy (non-hydrogen) atoms. The molecule has 0 saturated carbocycles. The van der Waals surface area contributed by atoms with E-state index in [1.807, 2.05) is 7.05 Å². The highest BCUT2D eigenvalue weighted by Crippen LogP contribution is 2.14. The van der Waals surface area contributed by atoms with Crippen molar-refractivity contribution in [1.29, 1.82) is 0 Å². The number of rotatable bonds is 11. The molecule has 2 aliphatic rings. The van der Waals surface area contributed by atoms with E-state index in [1.165, 1.54) is 5.56 Å². The lowest BCUT2D eigenvalue weighted by Crippen LogP contribution is -2.49. The second-order valence-corrected chi connectivity index (χ2v) is 8.51. The van der Waals surface area contributed by atoms with Gasteiger partial charge in [-0.1, -0.05) is 30.3 Å². The number of guanidine groups is 1. The summed E-state index contributed by atoms with van der Waals surface area (Å²) in [7, 11) is 1.83. The molecule has 2 heterocycles. The number of hydrogen-bond donors (Lipinski definition) is 2. The van der Waals surface area contributed by atoms with E-state index in [9.17, 15) is 0 Å². The molecule has 3 rings (SSSR count). The molecule has 0 unspecified atom stereocenters. The van der Waals surface area contributed by atoms with Crippen molar-refractivity contribution in [2.24, 2.45) is 10.9 Å². The quantitative estimate of drug-likeness (QED) is 0.317. The summed E-state index contributed by atoms with van der Waals surface area (Å²) in [6.07, 6.45) is 3.26. The Hall–Kier alpha value is -1.67. The number of nitrogens with one attached hydrogen (secondary N) is 2. The highest BCUT2D eigenvalue weighted by Gasteiger charge is 2.16. The van der Waals surface area contributed by atoms with Crippen LogP contribution in [0.4, 0.5) is 0 Å². The van der Waals surface area contributed by atoms with Crippen molar-refractivity contribution in [3.63, 3.8) is 0 Å². The van der Waals surface area contributed by atoms with Crippen molar-refractivity contribution >= 4 is 5.96 Å². The van der Waals surface area contributed by atoms with Crippen LogP contribution in [0.2, 0.25) is 0 Å². The van der Waals surface area contributed by atoms with Crippen molar-refractivity contribution in [3.05, 3.63) is 35.9 Å². The Morgan fingerprint density at radius 1 is 1.03 bits per heavy atom. The molecule has 0 aliphatic carbocycles. The number of piperazine rings is 1. The zero-order valence-corrected chi connectivity index (χ0v) is 19.2. The molecule has 0 aromatic heterocycles. The fourth-order valence-electron chi connectivity index (χ4n) is 4.11. The molecule has 1 aromatic carbocycles. The minimum absolute atomic E-state index is 0.677. The molecule has 174 valence electrons. The van der Waals surface area contributed by atoms with Crippen LogP contribution in [0.15, 0.2) is 35.3 Å². The van der Waals surface area contributed by atoms with Crippen LogP contribution >= 0.6 is 0 Å². The molecule has 2 N–H and O–H groups in total. The lowest BCUT2D eigenvalue weighted by atomic mass is 10.0. The smallest absolute Gasteiger partial charge is 0.191 e. The first-order valence-electron chi connectivity index (χ1n) is 11.9. The predicted octanol–water partition coefficient (Wildman–Crippen LogP) is 1.80. The maximum Gasteiger partial charge on any atom is 0.191 e. The monoisotopic (exact) mass is 431 g/mol. The fourth-order valence-corrected chi connectivity index (χ4v) is 4.11. The topological polar surface area (TPSA) is 61.4 Å². The SMILES string of the molecule is CN=C(NCCCOCC1CCOCC1)NCCN1CCN(Cc2ccccc2)CC1. The second kappa shape index (κ2) is 14.4. The maximum atomic E-state index is 5.83. The third-order valence-electron chi connectivity index (χ3n) is 6.11. The van der Waals surface area contributed by atoms with Gasteiger partial charge in [-0.3, -0.25) is 14.8 Å². The fraction of sp³-hybridized carbons (Fsp3) is 0.708. The Morgan fingerprint density at radius 2 is 1.74 bits per heavy atom. The molecule has 7 nitrogen and oxygen atoms in total. The minimum Gasteiger partial charge on any atom is -0.381 e. The molecule has 7 heteroatoms. The maximum absolute atomic E-state index is 5.83. The van der Waals surface area contributed by atoms with Gasteiger partial charge in [0.15, 0.2) is 5.96 Å². The Morgan fingerprint density at radius 3 is 2.48 bits per heavy atom. The van der Waals surface area contributed by atoms with Gasteiger partial charge in [-0.25, -0.2) is 0 Å². The first-order valence-corrected chi connectivity index (χ1v) is 11.9. The Kier molecular flexibility index (Phi) is 11.1. The van der Waals surface area contributed by atoms with E-state index in [2.05, 4.69) is 55.8 Å². The van der Waals surface area contributed by atoms with Crippen LogP contribution in [-0.2, 0) is 16.0 Å². The summed E-state index contributed by atoms with van der Waals surface area (Å²) in [5.74, 6) is 1.56. The van der Waals surface area contributed by atoms with Gasteiger partial charge in [0, 0.05) is 85.8 Å². The van der Waals surface area contributed by atoms with Crippen molar-refractivity contribution < 1.29 is 9.47 Å². The first kappa shape index (κ1) is 24.0.